The van der Waals surface area contributed by atoms with Gasteiger partial charge in [-0.15, -0.1) is 0 Å². The van der Waals surface area contributed by atoms with E-state index in [1.165, 1.54) is 66.1 Å². The van der Waals surface area contributed by atoms with E-state index in [0.29, 0.717) is 0 Å². The Hall–Kier alpha value is -6.70. The molecule has 0 spiro atoms. The van der Waals surface area contributed by atoms with Crippen LogP contribution in [-0.4, -0.2) is 0 Å². The molecule has 0 saturated carbocycles. The molecule has 0 aromatic heterocycles. The van der Waals surface area contributed by atoms with Gasteiger partial charge in [0.2, 0.25) is 0 Å². The summed E-state index contributed by atoms with van der Waals surface area (Å²) in [4.78, 5) is 2.34. The third-order valence-corrected chi connectivity index (χ3v) is 9.87. The smallest absolute Gasteiger partial charge is 0.0462 e. The number of rotatable bonds is 7. The maximum atomic E-state index is 2.35. The second-order valence-corrected chi connectivity index (χ2v) is 13.0. The van der Waals surface area contributed by atoms with Crippen LogP contribution in [0.25, 0.3) is 66.1 Å². The lowest BCUT2D eigenvalue weighted by Crippen LogP contribution is -2.09. The van der Waals surface area contributed by atoms with E-state index in [-0.39, 0.29) is 0 Å². The number of fused-ring (bicyclic) bond motifs is 3. The highest BCUT2D eigenvalue weighted by Gasteiger charge is 2.15. The van der Waals surface area contributed by atoms with Gasteiger partial charge in [0.1, 0.15) is 0 Å². The SMILES string of the molecule is c1ccc(-c2ccc(N(c3ccc(-c4ccccc4)cc3)c3ccc(-c4cc5ccc(-c6ccccc6)cc5c5ccccc45)cc3)cc2)cc1. The Balaban J connectivity index is 1.12. The van der Waals surface area contributed by atoms with E-state index in [2.05, 4.69) is 217 Å². The van der Waals surface area contributed by atoms with Crippen molar-refractivity contribution in [2.45, 2.75) is 0 Å². The topological polar surface area (TPSA) is 3.24 Å². The highest BCUT2D eigenvalue weighted by atomic mass is 15.1. The van der Waals surface area contributed by atoms with Gasteiger partial charge in [-0.3, -0.25) is 0 Å². The monoisotopic (exact) mass is 649 g/mol. The van der Waals surface area contributed by atoms with Gasteiger partial charge >= 0.3 is 0 Å². The fourth-order valence-corrected chi connectivity index (χ4v) is 7.25. The quantitative estimate of drug-likeness (QED) is 0.155. The van der Waals surface area contributed by atoms with Crippen LogP contribution in [0.1, 0.15) is 0 Å². The summed E-state index contributed by atoms with van der Waals surface area (Å²) in [7, 11) is 0. The molecule has 9 aromatic rings. The van der Waals surface area contributed by atoms with Crippen molar-refractivity contribution in [1.82, 2.24) is 0 Å². The maximum absolute atomic E-state index is 2.35. The molecule has 0 fully saturated rings. The van der Waals surface area contributed by atoms with Crippen molar-refractivity contribution in [2.24, 2.45) is 0 Å². The molecular formula is C50H35N. The lowest BCUT2D eigenvalue weighted by molar-refractivity contribution is 1.28. The number of anilines is 3. The Kier molecular flexibility index (Phi) is 7.92. The molecule has 0 N–H and O–H groups in total. The maximum Gasteiger partial charge on any atom is 0.0462 e. The Labute approximate surface area is 299 Å². The van der Waals surface area contributed by atoms with Gasteiger partial charge in [-0.1, -0.05) is 164 Å². The minimum atomic E-state index is 1.11. The third kappa shape index (κ3) is 5.96. The molecule has 0 bridgehead atoms. The molecule has 240 valence electrons. The largest absolute Gasteiger partial charge is 0.311 e. The normalized spacial score (nSPS) is 11.1. The summed E-state index contributed by atoms with van der Waals surface area (Å²) >= 11 is 0. The zero-order valence-corrected chi connectivity index (χ0v) is 28.2. The second kappa shape index (κ2) is 13.3. The first-order chi connectivity index (χ1) is 25.3. The first-order valence-corrected chi connectivity index (χ1v) is 17.5. The molecule has 1 nitrogen and oxygen atoms in total. The van der Waals surface area contributed by atoms with Crippen LogP contribution in [0.4, 0.5) is 17.1 Å². The van der Waals surface area contributed by atoms with Crippen molar-refractivity contribution >= 4 is 38.6 Å². The van der Waals surface area contributed by atoms with E-state index in [4.69, 9.17) is 0 Å². The number of nitrogens with zero attached hydrogens (tertiary/aromatic N) is 1. The third-order valence-electron chi connectivity index (χ3n) is 9.87. The van der Waals surface area contributed by atoms with Crippen LogP contribution in [-0.2, 0) is 0 Å². The summed E-state index contributed by atoms with van der Waals surface area (Å²) in [6, 6.07) is 76.5. The highest BCUT2D eigenvalue weighted by molar-refractivity contribution is 6.14. The molecule has 0 heterocycles. The molecule has 0 aliphatic rings. The number of hydrogen-bond acceptors (Lipinski definition) is 1. The van der Waals surface area contributed by atoms with Crippen LogP contribution >= 0.6 is 0 Å². The fraction of sp³-hybridized carbons (Fsp3) is 0. The Bertz CT molecular complexity index is 2490. The zero-order chi connectivity index (χ0) is 34.0. The van der Waals surface area contributed by atoms with E-state index >= 15 is 0 Å². The average Bonchev–Trinajstić information content (AvgIpc) is 3.22. The lowest BCUT2D eigenvalue weighted by Gasteiger charge is -2.26. The van der Waals surface area contributed by atoms with Gasteiger partial charge in [0, 0.05) is 17.1 Å². The van der Waals surface area contributed by atoms with E-state index in [1.807, 2.05) is 0 Å². The molecule has 0 unspecified atom stereocenters. The van der Waals surface area contributed by atoms with Gasteiger partial charge in [-0.05, 0) is 115 Å². The molecular weight excluding hydrogens is 615 g/mol. The summed E-state index contributed by atoms with van der Waals surface area (Å²) in [5.41, 5.74) is 13.1. The van der Waals surface area contributed by atoms with Crippen LogP contribution in [0.15, 0.2) is 212 Å². The van der Waals surface area contributed by atoms with Crippen molar-refractivity contribution in [3.8, 4) is 44.5 Å². The van der Waals surface area contributed by atoms with Crippen LogP contribution in [0.2, 0.25) is 0 Å². The zero-order valence-electron chi connectivity index (χ0n) is 28.2. The van der Waals surface area contributed by atoms with Gasteiger partial charge in [0.25, 0.3) is 0 Å². The van der Waals surface area contributed by atoms with Crippen molar-refractivity contribution < 1.29 is 0 Å². The Morgan fingerprint density at radius 3 is 1.10 bits per heavy atom. The number of benzene rings is 9. The van der Waals surface area contributed by atoms with Crippen LogP contribution in [0.3, 0.4) is 0 Å². The van der Waals surface area contributed by atoms with Gasteiger partial charge in [0.05, 0.1) is 0 Å². The van der Waals surface area contributed by atoms with Gasteiger partial charge in [-0.25, -0.2) is 0 Å². The molecule has 0 radical (unpaired) electrons. The van der Waals surface area contributed by atoms with Gasteiger partial charge in [0.15, 0.2) is 0 Å². The van der Waals surface area contributed by atoms with E-state index in [0.717, 1.165) is 17.1 Å². The molecule has 0 saturated heterocycles. The molecule has 9 aromatic carbocycles. The van der Waals surface area contributed by atoms with Crippen LogP contribution in [0, 0.1) is 0 Å². The summed E-state index contributed by atoms with van der Waals surface area (Å²) in [6.07, 6.45) is 0. The number of hydrogen-bond donors (Lipinski definition) is 0. The predicted octanol–water partition coefficient (Wildman–Crippen LogP) is 14.1. The van der Waals surface area contributed by atoms with Crippen molar-refractivity contribution in [3.05, 3.63) is 212 Å². The summed E-state index contributed by atoms with van der Waals surface area (Å²) in [5.74, 6) is 0. The molecule has 51 heavy (non-hydrogen) atoms. The van der Waals surface area contributed by atoms with Gasteiger partial charge < -0.3 is 4.90 Å². The lowest BCUT2D eigenvalue weighted by atomic mass is 9.91. The summed E-state index contributed by atoms with van der Waals surface area (Å²) in [6.45, 7) is 0. The first kappa shape index (κ1) is 30.4. The minimum absolute atomic E-state index is 1.11. The fourth-order valence-electron chi connectivity index (χ4n) is 7.25. The van der Waals surface area contributed by atoms with Gasteiger partial charge in [-0.2, -0.15) is 0 Å². The predicted molar refractivity (Wildman–Crippen MR) is 218 cm³/mol. The average molecular weight is 650 g/mol. The minimum Gasteiger partial charge on any atom is -0.311 e. The summed E-state index contributed by atoms with van der Waals surface area (Å²) in [5, 5.41) is 5.04. The molecule has 0 aliphatic heterocycles. The Morgan fingerprint density at radius 2 is 0.608 bits per heavy atom. The molecule has 0 atom stereocenters. The van der Waals surface area contributed by atoms with E-state index < -0.39 is 0 Å². The second-order valence-electron chi connectivity index (χ2n) is 13.0. The van der Waals surface area contributed by atoms with Crippen molar-refractivity contribution in [3.63, 3.8) is 0 Å². The highest BCUT2D eigenvalue weighted by Crippen LogP contribution is 2.40. The molecule has 1 heteroatoms. The van der Waals surface area contributed by atoms with E-state index in [1.54, 1.807) is 0 Å². The standard InChI is InChI=1S/C50H35N/c1-4-12-36(13-5-1)39-22-28-44(29-23-39)51(45-30-24-40(25-31-45)37-14-6-2-7-15-37)46-32-26-41(27-33-46)49-35-43-21-20-42(38-16-8-3-9-17-38)34-50(43)48-19-11-10-18-47(48)49/h1-35H. The molecule has 0 aliphatic carbocycles. The van der Waals surface area contributed by atoms with Crippen LogP contribution < -0.4 is 4.90 Å². The summed E-state index contributed by atoms with van der Waals surface area (Å²) < 4.78 is 0. The Morgan fingerprint density at radius 1 is 0.235 bits per heavy atom. The van der Waals surface area contributed by atoms with Crippen LogP contribution in [0.5, 0.6) is 0 Å². The molecule has 0 amide bonds. The van der Waals surface area contributed by atoms with E-state index in [9.17, 15) is 0 Å². The van der Waals surface area contributed by atoms with Crippen molar-refractivity contribution in [1.29, 1.82) is 0 Å². The molecule has 9 rings (SSSR count). The first-order valence-electron chi connectivity index (χ1n) is 17.5. The van der Waals surface area contributed by atoms with Crippen molar-refractivity contribution in [2.75, 3.05) is 4.90 Å².